The smallest absolute Gasteiger partial charge is 0.325 e. The fourth-order valence-corrected chi connectivity index (χ4v) is 3.72. The zero-order valence-corrected chi connectivity index (χ0v) is 16.2. The molecule has 8 nitrogen and oxygen atoms in total. The Kier molecular flexibility index (Phi) is 5.16. The number of nitrogen functional groups attached to an aromatic ring is 1. The zero-order valence-electron chi connectivity index (χ0n) is 16.2. The molecule has 0 aromatic heterocycles. The first-order valence-corrected chi connectivity index (χ1v) is 9.68. The van der Waals surface area contributed by atoms with Crippen molar-refractivity contribution in [2.24, 2.45) is 0 Å². The molecule has 1 atom stereocenters. The molecule has 4 N–H and O–H groups in total. The number of anilines is 3. The number of fused-ring (bicyclic) bond motifs is 2. The summed E-state index contributed by atoms with van der Waals surface area (Å²) in [4.78, 5) is 27.0. The first kappa shape index (κ1) is 18.9. The lowest BCUT2D eigenvalue weighted by molar-refractivity contribution is -0.120. The summed E-state index contributed by atoms with van der Waals surface area (Å²) in [6.45, 7) is 3.47. The molecule has 1 unspecified atom stereocenters. The van der Waals surface area contributed by atoms with Crippen LogP contribution >= 0.6 is 0 Å². The molecule has 8 heteroatoms. The SMILES string of the molecule is CC(C(=O)NC(=O)Nc1ccc2c(c1)OCCO2)N1CCCc2c(N)cccc21. The van der Waals surface area contributed by atoms with Crippen LogP contribution in [0.1, 0.15) is 18.9 Å². The molecule has 2 aliphatic heterocycles. The van der Waals surface area contributed by atoms with Gasteiger partial charge in [-0.3, -0.25) is 10.1 Å². The third kappa shape index (κ3) is 3.91. The number of nitrogens with one attached hydrogen (secondary N) is 2. The number of amides is 3. The zero-order chi connectivity index (χ0) is 20.4. The summed E-state index contributed by atoms with van der Waals surface area (Å²) in [6, 6.07) is 9.70. The summed E-state index contributed by atoms with van der Waals surface area (Å²) in [6.07, 6.45) is 1.79. The highest BCUT2D eigenvalue weighted by Crippen LogP contribution is 2.33. The molecule has 0 saturated carbocycles. The van der Waals surface area contributed by atoms with Gasteiger partial charge in [0.05, 0.1) is 0 Å². The third-order valence-corrected chi connectivity index (χ3v) is 5.21. The minimum atomic E-state index is -0.594. The second kappa shape index (κ2) is 7.90. The number of nitrogens with two attached hydrogens (primary N) is 1. The molecule has 2 aromatic carbocycles. The number of nitrogens with zero attached hydrogens (tertiary/aromatic N) is 1. The van der Waals surface area contributed by atoms with E-state index in [9.17, 15) is 9.59 Å². The highest BCUT2D eigenvalue weighted by molar-refractivity contribution is 6.03. The van der Waals surface area contributed by atoms with E-state index in [0.717, 1.165) is 36.3 Å². The van der Waals surface area contributed by atoms with Gasteiger partial charge in [0.2, 0.25) is 5.91 Å². The molecule has 4 rings (SSSR count). The van der Waals surface area contributed by atoms with Crippen LogP contribution in [-0.4, -0.2) is 37.7 Å². The van der Waals surface area contributed by atoms with E-state index in [-0.39, 0.29) is 5.91 Å². The van der Waals surface area contributed by atoms with Gasteiger partial charge in [-0.05, 0) is 49.6 Å². The molecule has 2 aliphatic rings. The van der Waals surface area contributed by atoms with Crippen molar-refractivity contribution in [2.75, 3.05) is 35.7 Å². The molecular weight excluding hydrogens is 372 g/mol. The first-order chi connectivity index (χ1) is 14.0. The van der Waals surface area contributed by atoms with Crippen molar-refractivity contribution >= 4 is 29.0 Å². The van der Waals surface area contributed by atoms with Crippen molar-refractivity contribution in [3.05, 3.63) is 42.0 Å². The summed E-state index contributed by atoms with van der Waals surface area (Å²) in [7, 11) is 0. The quantitative estimate of drug-likeness (QED) is 0.689. The van der Waals surface area contributed by atoms with Gasteiger partial charge < -0.3 is 25.4 Å². The number of carbonyl (C=O) groups is 2. The minimum Gasteiger partial charge on any atom is -0.486 e. The molecule has 0 radical (unpaired) electrons. The fourth-order valence-electron chi connectivity index (χ4n) is 3.72. The van der Waals surface area contributed by atoms with Crippen LogP contribution in [0.2, 0.25) is 0 Å². The molecule has 29 heavy (non-hydrogen) atoms. The van der Waals surface area contributed by atoms with E-state index in [1.54, 1.807) is 25.1 Å². The number of rotatable bonds is 3. The van der Waals surface area contributed by atoms with E-state index in [4.69, 9.17) is 15.2 Å². The van der Waals surface area contributed by atoms with Gasteiger partial charge in [0, 0.05) is 29.7 Å². The van der Waals surface area contributed by atoms with Gasteiger partial charge in [-0.25, -0.2) is 4.79 Å². The molecule has 0 fully saturated rings. The van der Waals surface area contributed by atoms with E-state index in [0.29, 0.717) is 30.4 Å². The number of hydrogen-bond donors (Lipinski definition) is 3. The summed E-state index contributed by atoms with van der Waals surface area (Å²) < 4.78 is 11.0. The second-order valence-corrected chi connectivity index (χ2v) is 7.12. The van der Waals surface area contributed by atoms with E-state index < -0.39 is 12.1 Å². The van der Waals surface area contributed by atoms with E-state index in [2.05, 4.69) is 10.6 Å². The Balaban J connectivity index is 1.40. The van der Waals surface area contributed by atoms with Gasteiger partial charge in [-0.1, -0.05) is 6.07 Å². The Morgan fingerprint density at radius 2 is 1.93 bits per heavy atom. The maximum absolute atomic E-state index is 12.7. The average molecular weight is 396 g/mol. The highest BCUT2D eigenvalue weighted by atomic mass is 16.6. The highest BCUT2D eigenvalue weighted by Gasteiger charge is 2.28. The van der Waals surface area contributed by atoms with Crippen molar-refractivity contribution in [1.82, 2.24) is 5.32 Å². The van der Waals surface area contributed by atoms with Crippen molar-refractivity contribution in [3.63, 3.8) is 0 Å². The van der Waals surface area contributed by atoms with Gasteiger partial charge in [0.15, 0.2) is 11.5 Å². The molecule has 2 heterocycles. The molecular formula is C21H24N4O4. The first-order valence-electron chi connectivity index (χ1n) is 9.68. The Morgan fingerprint density at radius 1 is 1.14 bits per heavy atom. The van der Waals surface area contributed by atoms with Crippen LogP contribution in [0.15, 0.2) is 36.4 Å². The van der Waals surface area contributed by atoms with Crippen LogP contribution in [0.4, 0.5) is 21.9 Å². The van der Waals surface area contributed by atoms with Crippen LogP contribution in [0.25, 0.3) is 0 Å². The van der Waals surface area contributed by atoms with Crippen LogP contribution in [-0.2, 0) is 11.2 Å². The Labute approximate surface area is 169 Å². The normalized spacial score (nSPS) is 15.8. The largest absolute Gasteiger partial charge is 0.486 e. The Bertz CT molecular complexity index is 946. The van der Waals surface area contributed by atoms with Gasteiger partial charge in [-0.15, -0.1) is 0 Å². The predicted octanol–water partition coefficient (Wildman–Crippen LogP) is 2.53. The molecule has 0 bridgehead atoms. The van der Waals surface area contributed by atoms with Crippen molar-refractivity contribution in [1.29, 1.82) is 0 Å². The van der Waals surface area contributed by atoms with Crippen molar-refractivity contribution < 1.29 is 19.1 Å². The molecule has 0 saturated heterocycles. The number of hydrogen-bond acceptors (Lipinski definition) is 6. The summed E-state index contributed by atoms with van der Waals surface area (Å²) >= 11 is 0. The second-order valence-electron chi connectivity index (χ2n) is 7.12. The minimum absolute atomic E-state index is 0.379. The van der Waals surface area contributed by atoms with E-state index in [1.165, 1.54) is 0 Å². The lowest BCUT2D eigenvalue weighted by atomic mass is 9.98. The number of ether oxygens (including phenoxy) is 2. The van der Waals surface area contributed by atoms with Crippen molar-refractivity contribution in [2.45, 2.75) is 25.8 Å². The monoisotopic (exact) mass is 396 g/mol. The summed E-state index contributed by atoms with van der Waals surface area (Å²) in [5, 5.41) is 5.08. The standard InChI is InChI=1S/C21H24N4O4/c1-13(25-9-3-4-15-16(22)5-2-6-17(15)25)20(26)24-21(27)23-14-7-8-18-19(12-14)29-11-10-28-18/h2,5-8,12-13H,3-4,9-11,22H2,1H3,(H2,23,24,26,27). The van der Waals surface area contributed by atoms with Crippen LogP contribution in [0.3, 0.4) is 0 Å². The van der Waals surface area contributed by atoms with Crippen LogP contribution in [0.5, 0.6) is 11.5 Å². The molecule has 3 amide bonds. The Morgan fingerprint density at radius 3 is 2.76 bits per heavy atom. The average Bonchev–Trinajstić information content (AvgIpc) is 2.73. The van der Waals surface area contributed by atoms with Gasteiger partial charge in [-0.2, -0.15) is 0 Å². The molecule has 2 aromatic rings. The summed E-state index contributed by atoms with van der Waals surface area (Å²) in [5.74, 6) is 0.821. The van der Waals surface area contributed by atoms with Crippen LogP contribution < -0.4 is 30.7 Å². The lowest BCUT2D eigenvalue weighted by Gasteiger charge is -2.35. The predicted molar refractivity (Wildman–Crippen MR) is 111 cm³/mol. The van der Waals surface area contributed by atoms with E-state index in [1.807, 2.05) is 23.1 Å². The van der Waals surface area contributed by atoms with Crippen molar-refractivity contribution in [3.8, 4) is 11.5 Å². The fraction of sp³-hybridized carbons (Fsp3) is 0.333. The Hall–Kier alpha value is -3.42. The third-order valence-electron chi connectivity index (χ3n) is 5.21. The number of benzene rings is 2. The summed E-state index contributed by atoms with van der Waals surface area (Å²) in [5.41, 5.74) is 9.34. The van der Waals surface area contributed by atoms with Gasteiger partial charge in [0.1, 0.15) is 19.3 Å². The molecule has 0 spiro atoms. The number of imide groups is 1. The maximum Gasteiger partial charge on any atom is 0.325 e. The lowest BCUT2D eigenvalue weighted by Crippen LogP contribution is -2.49. The molecule has 152 valence electrons. The van der Waals surface area contributed by atoms with Gasteiger partial charge >= 0.3 is 6.03 Å². The topological polar surface area (TPSA) is 106 Å². The molecule has 0 aliphatic carbocycles. The van der Waals surface area contributed by atoms with Crippen LogP contribution in [0, 0.1) is 0 Å². The maximum atomic E-state index is 12.7. The van der Waals surface area contributed by atoms with Gasteiger partial charge in [0.25, 0.3) is 0 Å². The number of carbonyl (C=O) groups excluding carboxylic acids is 2. The number of urea groups is 1. The van der Waals surface area contributed by atoms with E-state index >= 15 is 0 Å².